The molecule has 1 amide bonds. The Morgan fingerprint density at radius 3 is 2.30 bits per heavy atom. The molecule has 0 heterocycles. The fourth-order valence-electron chi connectivity index (χ4n) is 2.47. The van der Waals surface area contributed by atoms with Crippen molar-refractivity contribution in [3.8, 4) is 5.75 Å². The molecule has 0 spiro atoms. The quantitative estimate of drug-likeness (QED) is 0.685. The molecule has 0 aliphatic heterocycles. The van der Waals surface area contributed by atoms with E-state index in [4.69, 9.17) is 26.2 Å². The lowest BCUT2D eigenvalue weighted by Gasteiger charge is -2.15. The fourth-order valence-corrected chi connectivity index (χ4v) is 2.60. The molecular formula is C20H22ClNO5. The van der Waals surface area contributed by atoms with Gasteiger partial charge in [0.15, 0.2) is 12.7 Å². The maximum Gasteiger partial charge on any atom is 0.333 e. The lowest BCUT2D eigenvalue weighted by atomic mass is 10.1. The van der Waals surface area contributed by atoms with Crippen LogP contribution in [0.5, 0.6) is 5.75 Å². The Bertz CT molecular complexity index is 761. The van der Waals surface area contributed by atoms with E-state index in [0.29, 0.717) is 10.8 Å². The van der Waals surface area contributed by atoms with Crippen molar-refractivity contribution in [1.82, 2.24) is 5.32 Å². The Balaban J connectivity index is 1.82. The van der Waals surface area contributed by atoms with Crippen molar-refractivity contribution in [2.75, 3.05) is 13.7 Å². The van der Waals surface area contributed by atoms with Crippen molar-refractivity contribution in [2.45, 2.75) is 25.5 Å². The third kappa shape index (κ3) is 6.58. The van der Waals surface area contributed by atoms with Gasteiger partial charge in [0, 0.05) is 18.6 Å². The summed E-state index contributed by atoms with van der Waals surface area (Å²) in [7, 11) is 1.36. The molecule has 7 heteroatoms. The molecule has 0 bridgehead atoms. The molecule has 144 valence electrons. The number of nitrogens with one attached hydrogen (secondary N) is 1. The summed E-state index contributed by atoms with van der Waals surface area (Å²) in [5.74, 6) is -0.728. The number of aliphatic carboxylic acids is 1. The second kappa shape index (κ2) is 9.94. The molecule has 0 aliphatic rings. The number of ether oxygens (including phenoxy) is 2. The molecule has 0 radical (unpaired) electrons. The van der Waals surface area contributed by atoms with Crippen molar-refractivity contribution in [1.29, 1.82) is 0 Å². The first kappa shape index (κ1) is 20.7. The summed E-state index contributed by atoms with van der Waals surface area (Å²) in [6, 6.07) is 14.0. The van der Waals surface area contributed by atoms with Gasteiger partial charge in [-0.25, -0.2) is 4.79 Å². The van der Waals surface area contributed by atoms with Gasteiger partial charge >= 0.3 is 5.97 Å². The first-order valence-electron chi connectivity index (χ1n) is 8.41. The number of methoxy groups -OCH3 is 1. The van der Waals surface area contributed by atoms with Gasteiger partial charge in [0.25, 0.3) is 5.91 Å². The van der Waals surface area contributed by atoms with Crippen LogP contribution in [0.15, 0.2) is 48.5 Å². The molecule has 0 aromatic heterocycles. The normalized spacial score (nSPS) is 12.9. The summed E-state index contributed by atoms with van der Waals surface area (Å²) >= 11 is 5.86. The van der Waals surface area contributed by atoms with Gasteiger partial charge in [-0.05, 0) is 42.3 Å². The molecule has 2 aromatic carbocycles. The van der Waals surface area contributed by atoms with Gasteiger partial charge in [0.05, 0.1) is 6.04 Å². The van der Waals surface area contributed by atoms with Crippen molar-refractivity contribution < 1.29 is 24.2 Å². The smallest absolute Gasteiger partial charge is 0.333 e. The van der Waals surface area contributed by atoms with E-state index < -0.39 is 12.1 Å². The van der Waals surface area contributed by atoms with Gasteiger partial charge < -0.3 is 19.9 Å². The summed E-state index contributed by atoms with van der Waals surface area (Å²) in [5.41, 5.74) is 1.75. The number of carboxylic acids is 1. The van der Waals surface area contributed by atoms with Gasteiger partial charge in [0.2, 0.25) is 0 Å². The predicted octanol–water partition coefficient (Wildman–Crippen LogP) is 3.24. The second-order valence-corrected chi connectivity index (χ2v) is 6.48. The minimum absolute atomic E-state index is 0.118. The van der Waals surface area contributed by atoms with Gasteiger partial charge in [-0.3, -0.25) is 4.79 Å². The lowest BCUT2D eigenvalue weighted by Crippen LogP contribution is -2.31. The van der Waals surface area contributed by atoms with Gasteiger partial charge in [-0.1, -0.05) is 35.9 Å². The number of carbonyl (C=O) groups excluding carboxylic acids is 1. The van der Waals surface area contributed by atoms with E-state index in [0.717, 1.165) is 11.1 Å². The second-order valence-electron chi connectivity index (χ2n) is 6.04. The Kier molecular flexibility index (Phi) is 7.64. The molecule has 2 rings (SSSR count). The zero-order valence-corrected chi connectivity index (χ0v) is 15.9. The van der Waals surface area contributed by atoms with Crippen molar-refractivity contribution in [3.63, 3.8) is 0 Å². The first-order valence-corrected chi connectivity index (χ1v) is 8.79. The number of carbonyl (C=O) groups is 2. The Labute approximate surface area is 163 Å². The van der Waals surface area contributed by atoms with Crippen LogP contribution in [0, 0.1) is 0 Å². The molecule has 2 atom stereocenters. The standard InChI is InChI=1S/C20H22ClNO5/c1-13(15-5-7-16(21)8-6-15)22-19(23)12-27-17-9-3-14(4-10-17)11-18(26-2)20(24)25/h3-10,13,18H,11-12H2,1-2H3,(H,22,23)(H,24,25). The van der Waals surface area contributed by atoms with E-state index in [1.54, 1.807) is 36.4 Å². The maximum absolute atomic E-state index is 12.0. The van der Waals surface area contributed by atoms with Crippen LogP contribution in [0.25, 0.3) is 0 Å². The van der Waals surface area contributed by atoms with Gasteiger partial charge in [-0.15, -0.1) is 0 Å². The fraction of sp³-hybridized carbons (Fsp3) is 0.300. The highest BCUT2D eigenvalue weighted by molar-refractivity contribution is 6.30. The van der Waals surface area contributed by atoms with Crippen LogP contribution in [-0.2, 0) is 20.7 Å². The predicted molar refractivity (Wildman–Crippen MR) is 102 cm³/mol. The third-order valence-corrected chi connectivity index (χ3v) is 4.27. The first-order chi connectivity index (χ1) is 12.9. The topological polar surface area (TPSA) is 84.9 Å². The summed E-state index contributed by atoms with van der Waals surface area (Å²) in [6.45, 7) is 1.76. The van der Waals surface area contributed by atoms with Gasteiger partial charge in [0.1, 0.15) is 5.75 Å². The van der Waals surface area contributed by atoms with Crippen LogP contribution >= 0.6 is 11.6 Å². The largest absolute Gasteiger partial charge is 0.484 e. The molecule has 2 aromatic rings. The molecule has 0 saturated carbocycles. The number of halogens is 1. The minimum atomic E-state index is -1.01. The summed E-state index contributed by atoms with van der Waals surface area (Å²) < 4.78 is 10.4. The molecule has 0 saturated heterocycles. The maximum atomic E-state index is 12.0. The van der Waals surface area contributed by atoms with Crippen molar-refractivity contribution >= 4 is 23.5 Å². The zero-order chi connectivity index (χ0) is 19.8. The lowest BCUT2D eigenvalue weighted by molar-refractivity contribution is -0.148. The van der Waals surface area contributed by atoms with Crippen LogP contribution in [0.2, 0.25) is 5.02 Å². The summed E-state index contributed by atoms with van der Waals surface area (Å²) in [4.78, 5) is 23.0. The van der Waals surface area contributed by atoms with Crippen LogP contribution in [0.3, 0.4) is 0 Å². The molecule has 0 fully saturated rings. The van der Waals surface area contributed by atoms with Gasteiger partial charge in [-0.2, -0.15) is 0 Å². The Morgan fingerprint density at radius 1 is 1.11 bits per heavy atom. The van der Waals surface area contributed by atoms with E-state index in [9.17, 15) is 9.59 Å². The minimum Gasteiger partial charge on any atom is -0.484 e. The number of amides is 1. The highest BCUT2D eigenvalue weighted by Crippen LogP contribution is 2.17. The Morgan fingerprint density at radius 2 is 1.74 bits per heavy atom. The molecule has 2 N–H and O–H groups in total. The molecular weight excluding hydrogens is 370 g/mol. The van der Waals surface area contributed by atoms with Crippen LogP contribution in [0.4, 0.5) is 0 Å². The average Bonchev–Trinajstić information content (AvgIpc) is 2.65. The summed E-state index contributed by atoms with van der Waals surface area (Å²) in [6.07, 6.45) is -0.637. The number of benzene rings is 2. The highest BCUT2D eigenvalue weighted by atomic mass is 35.5. The van der Waals surface area contributed by atoms with Crippen molar-refractivity contribution in [3.05, 3.63) is 64.7 Å². The highest BCUT2D eigenvalue weighted by Gasteiger charge is 2.16. The number of hydrogen-bond acceptors (Lipinski definition) is 4. The van der Waals surface area contributed by atoms with Crippen LogP contribution < -0.4 is 10.1 Å². The number of rotatable bonds is 9. The van der Waals surface area contributed by atoms with Crippen LogP contribution in [0.1, 0.15) is 24.1 Å². The van der Waals surface area contributed by atoms with E-state index in [1.165, 1.54) is 7.11 Å². The molecule has 27 heavy (non-hydrogen) atoms. The average molecular weight is 392 g/mol. The molecule has 6 nitrogen and oxygen atoms in total. The summed E-state index contributed by atoms with van der Waals surface area (Å²) in [5, 5.41) is 12.5. The van der Waals surface area contributed by atoms with Crippen LogP contribution in [-0.4, -0.2) is 36.8 Å². The van der Waals surface area contributed by atoms with E-state index >= 15 is 0 Å². The molecule has 2 unspecified atom stereocenters. The zero-order valence-electron chi connectivity index (χ0n) is 15.1. The monoisotopic (exact) mass is 391 g/mol. The number of carboxylic acid groups (broad SMARTS) is 1. The van der Waals surface area contributed by atoms with E-state index in [2.05, 4.69) is 5.32 Å². The van der Waals surface area contributed by atoms with E-state index in [-0.39, 0.29) is 25.0 Å². The molecule has 0 aliphatic carbocycles. The SMILES string of the molecule is COC(Cc1ccc(OCC(=O)NC(C)c2ccc(Cl)cc2)cc1)C(=O)O. The third-order valence-electron chi connectivity index (χ3n) is 4.02. The number of hydrogen-bond donors (Lipinski definition) is 2. The van der Waals surface area contributed by atoms with Crippen molar-refractivity contribution in [2.24, 2.45) is 0 Å². The Hall–Kier alpha value is -2.57. The van der Waals surface area contributed by atoms with E-state index in [1.807, 2.05) is 19.1 Å².